The Bertz CT molecular complexity index is 502. The Labute approximate surface area is 136 Å². The summed E-state index contributed by atoms with van der Waals surface area (Å²) >= 11 is 3.61. The Hall–Kier alpha value is -0.380. The van der Waals surface area contributed by atoms with Crippen molar-refractivity contribution in [3.05, 3.63) is 33.8 Å². The summed E-state index contributed by atoms with van der Waals surface area (Å²) in [4.78, 5) is 2.76. The number of rotatable bonds is 2. The molecule has 2 fully saturated rings. The number of halogens is 1. The van der Waals surface area contributed by atoms with Crippen molar-refractivity contribution in [1.29, 1.82) is 0 Å². The van der Waals surface area contributed by atoms with E-state index < -0.39 is 0 Å². The van der Waals surface area contributed by atoms with Gasteiger partial charge in [-0.1, -0.05) is 22.0 Å². The summed E-state index contributed by atoms with van der Waals surface area (Å²) in [7, 11) is 0. The van der Waals surface area contributed by atoms with Gasteiger partial charge in [-0.3, -0.25) is 4.90 Å². The average molecular weight is 349 g/mol. The van der Waals surface area contributed by atoms with Gasteiger partial charge in [-0.25, -0.2) is 0 Å². The third-order valence-corrected chi connectivity index (χ3v) is 6.33. The lowest BCUT2D eigenvalue weighted by atomic mass is 9.87. The molecule has 0 bridgehead atoms. The molecule has 3 heteroatoms. The first-order valence-corrected chi connectivity index (χ1v) is 9.36. The molecule has 21 heavy (non-hydrogen) atoms. The number of piperidine rings is 1. The van der Waals surface area contributed by atoms with E-state index in [2.05, 4.69) is 44.3 Å². The van der Waals surface area contributed by atoms with E-state index in [9.17, 15) is 0 Å². The molecule has 0 aromatic heterocycles. The first-order chi connectivity index (χ1) is 10.3. The second kappa shape index (κ2) is 6.02. The molecule has 0 spiro atoms. The summed E-state index contributed by atoms with van der Waals surface area (Å²) in [5.41, 5.74) is 3.16. The van der Waals surface area contributed by atoms with Crippen molar-refractivity contribution in [2.75, 3.05) is 19.6 Å². The molecule has 2 unspecified atom stereocenters. The number of hydrogen-bond donors (Lipinski definition) is 1. The molecule has 0 saturated carbocycles. The van der Waals surface area contributed by atoms with Gasteiger partial charge in [0.05, 0.1) is 0 Å². The second-order valence-electron chi connectivity index (χ2n) is 6.97. The third kappa shape index (κ3) is 2.80. The summed E-state index contributed by atoms with van der Waals surface area (Å²) < 4.78 is 1.23. The Kier molecular flexibility index (Phi) is 4.08. The number of likely N-dealkylation sites (tertiary alicyclic amines) is 1. The number of hydrogen-bond acceptors (Lipinski definition) is 2. The van der Waals surface area contributed by atoms with Crippen molar-refractivity contribution in [3.63, 3.8) is 0 Å². The van der Waals surface area contributed by atoms with Crippen LogP contribution in [0.25, 0.3) is 0 Å². The summed E-state index contributed by atoms with van der Waals surface area (Å²) in [5, 5.41) is 3.71. The number of aryl methyl sites for hydroxylation is 1. The summed E-state index contributed by atoms with van der Waals surface area (Å²) in [6, 6.07) is 8.39. The highest BCUT2D eigenvalue weighted by Gasteiger charge is 2.33. The third-order valence-electron chi connectivity index (χ3n) is 5.83. The fourth-order valence-corrected chi connectivity index (χ4v) is 5.10. The van der Waals surface area contributed by atoms with Gasteiger partial charge in [-0.15, -0.1) is 0 Å². The molecule has 1 aromatic rings. The minimum absolute atomic E-state index is 0.686. The number of nitrogens with zero attached hydrogens (tertiary/aromatic N) is 1. The van der Waals surface area contributed by atoms with E-state index in [0.29, 0.717) is 6.04 Å². The fraction of sp³-hybridized carbons (Fsp3) is 0.667. The van der Waals surface area contributed by atoms with Crippen molar-refractivity contribution < 1.29 is 0 Å². The Balaban J connectivity index is 1.41. The second-order valence-corrected chi connectivity index (χ2v) is 7.89. The molecule has 0 amide bonds. The lowest BCUT2D eigenvalue weighted by Crippen LogP contribution is -2.41. The molecule has 2 aliphatic heterocycles. The van der Waals surface area contributed by atoms with Crippen LogP contribution in [0, 0.1) is 5.92 Å². The number of nitrogens with one attached hydrogen (secondary N) is 1. The molecule has 2 atom stereocenters. The van der Waals surface area contributed by atoms with Crippen LogP contribution in [-0.2, 0) is 6.42 Å². The van der Waals surface area contributed by atoms with Gasteiger partial charge >= 0.3 is 0 Å². The van der Waals surface area contributed by atoms with Crippen molar-refractivity contribution >= 4 is 15.9 Å². The van der Waals surface area contributed by atoms with Gasteiger partial charge in [0.1, 0.15) is 0 Å². The van der Waals surface area contributed by atoms with Crippen molar-refractivity contribution in [2.24, 2.45) is 5.92 Å². The van der Waals surface area contributed by atoms with E-state index >= 15 is 0 Å². The fourth-order valence-electron chi connectivity index (χ4n) is 4.69. The SMILES string of the molecule is Brc1ccc2c(c1)CCC2N1CCC(C2CCCN2)CC1. The molecule has 2 heterocycles. The average Bonchev–Trinajstić information content (AvgIpc) is 3.16. The van der Waals surface area contributed by atoms with Gasteiger partial charge in [-0.2, -0.15) is 0 Å². The summed E-state index contributed by atoms with van der Waals surface area (Å²) in [6.45, 7) is 3.84. The zero-order valence-corrected chi connectivity index (χ0v) is 14.2. The molecule has 2 saturated heterocycles. The minimum Gasteiger partial charge on any atom is -0.314 e. The predicted molar refractivity (Wildman–Crippen MR) is 90.5 cm³/mol. The first kappa shape index (κ1) is 14.2. The van der Waals surface area contributed by atoms with Crippen molar-refractivity contribution in [3.8, 4) is 0 Å². The lowest BCUT2D eigenvalue weighted by Gasteiger charge is -2.38. The lowest BCUT2D eigenvalue weighted by molar-refractivity contribution is 0.119. The van der Waals surface area contributed by atoms with Gasteiger partial charge < -0.3 is 5.32 Å². The Morgan fingerprint density at radius 1 is 1.10 bits per heavy atom. The molecule has 4 rings (SSSR count). The molecule has 1 aliphatic carbocycles. The van der Waals surface area contributed by atoms with Crippen LogP contribution in [0.2, 0.25) is 0 Å². The number of fused-ring (bicyclic) bond motifs is 1. The molecular weight excluding hydrogens is 324 g/mol. The molecule has 2 nitrogen and oxygen atoms in total. The largest absolute Gasteiger partial charge is 0.314 e. The molecule has 114 valence electrons. The summed E-state index contributed by atoms with van der Waals surface area (Å²) in [5.74, 6) is 0.926. The highest BCUT2D eigenvalue weighted by molar-refractivity contribution is 9.10. The molecule has 1 N–H and O–H groups in total. The number of benzene rings is 1. The van der Waals surface area contributed by atoms with E-state index in [1.807, 2.05) is 0 Å². The van der Waals surface area contributed by atoms with Crippen LogP contribution in [0.4, 0.5) is 0 Å². The van der Waals surface area contributed by atoms with Crippen LogP contribution in [0.5, 0.6) is 0 Å². The Morgan fingerprint density at radius 2 is 1.95 bits per heavy atom. The quantitative estimate of drug-likeness (QED) is 0.871. The maximum absolute atomic E-state index is 3.71. The van der Waals surface area contributed by atoms with Gasteiger partial charge in [0, 0.05) is 16.6 Å². The van der Waals surface area contributed by atoms with E-state index in [1.54, 1.807) is 11.1 Å². The van der Waals surface area contributed by atoms with Gasteiger partial charge in [0.25, 0.3) is 0 Å². The van der Waals surface area contributed by atoms with Crippen LogP contribution >= 0.6 is 15.9 Å². The van der Waals surface area contributed by atoms with E-state index in [0.717, 1.165) is 12.0 Å². The topological polar surface area (TPSA) is 15.3 Å². The van der Waals surface area contributed by atoms with Crippen LogP contribution < -0.4 is 5.32 Å². The van der Waals surface area contributed by atoms with E-state index in [1.165, 1.54) is 62.6 Å². The smallest absolute Gasteiger partial charge is 0.0354 e. The maximum atomic E-state index is 3.71. The van der Waals surface area contributed by atoms with Crippen LogP contribution in [0.1, 0.15) is 49.3 Å². The highest BCUT2D eigenvalue weighted by atomic mass is 79.9. The zero-order chi connectivity index (χ0) is 14.2. The standard InChI is InChI=1S/C18H25BrN2/c19-15-4-5-16-14(12-15)3-6-18(16)21-10-7-13(8-11-21)17-2-1-9-20-17/h4-5,12-13,17-18,20H,1-3,6-11H2. The van der Waals surface area contributed by atoms with E-state index in [4.69, 9.17) is 0 Å². The highest BCUT2D eigenvalue weighted by Crippen LogP contribution is 2.39. The monoisotopic (exact) mass is 348 g/mol. The van der Waals surface area contributed by atoms with Crippen LogP contribution in [-0.4, -0.2) is 30.6 Å². The van der Waals surface area contributed by atoms with E-state index in [-0.39, 0.29) is 0 Å². The minimum atomic E-state index is 0.686. The van der Waals surface area contributed by atoms with Crippen molar-refractivity contribution in [2.45, 2.75) is 50.6 Å². The zero-order valence-electron chi connectivity index (χ0n) is 12.7. The molecule has 1 aromatic carbocycles. The normalized spacial score (nSPS) is 30.7. The van der Waals surface area contributed by atoms with Crippen LogP contribution in [0.3, 0.4) is 0 Å². The molecule has 3 aliphatic rings. The molecule has 0 radical (unpaired) electrons. The van der Waals surface area contributed by atoms with Gasteiger partial charge in [-0.05, 0) is 87.3 Å². The predicted octanol–water partition coefficient (Wildman–Crippen LogP) is 3.90. The summed E-state index contributed by atoms with van der Waals surface area (Å²) in [6.07, 6.45) is 8.14. The molecular formula is C18H25BrN2. The first-order valence-electron chi connectivity index (χ1n) is 8.57. The van der Waals surface area contributed by atoms with Gasteiger partial charge in [0.15, 0.2) is 0 Å². The van der Waals surface area contributed by atoms with Gasteiger partial charge in [0.2, 0.25) is 0 Å². The Morgan fingerprint density at radius 3 is 2.71 bits per heavy atom. The van der Waals surface area contributed by atoms with Crippen LogP contribution in [0.15, 0.2) is 22.7 Å². The van der Waals surface area contributed by atoms with Crippen molar-refractivity contribution in [1.82, 2.24) is 10.2 Å². The maximum Gasteiger partial charge on any atom is 0.0354 e.